The molecule has 0 aliphatic carbocycles. The zero-order valence-corrected chi connectivity index (χ0v) is 15.4. The first-order valence-corrected chi connectivity index (χ1v) is 8.62. The summed E-state index contributed by atoms with van der Waals surface area (Å²) in [6.07, 6.45) is 1.97. The average molecular weight is 366 g/mol. The summed E-state index contributed by atoms with van der Waals surface area (Å²) in [5.74, 6) is 0.363. The summed E-state index contributed by atoms with van der Waals surface area (Å²) in [6.45, 7) is 2.74. The number of hydrogen-bond acceptors (Lipinski definition) is 5. The number of nitrogens with two attached hydrogens (primary N) is 1. The lowest BCUT2D eigenvalue weighted by Gasteiger charge is -2.24. The third kappa shape index (κ3) is 4.44. The number of anilines is 1. The van der Waals surface area contributed by atoms with Crippen molar-refractivity contribution < 1.29 is 9.53 Å². The van der Waals surface area contributed by atoms with E-state index in [0.29, 0.717) is 24.4 Å². The third-order valence-electron chi connectivity index (χ3n) is 4.28. The molecule has 2 heterocycles. The van der Waals surface area contributed by atoms with Crippen molar-refractivity contribution in [3.05, 3.63) is 70.3 Å². The van der Waals surface area contributed by atoms with Gasteiger partial charge in [0.25, 0.3) is 5.56 Å². The Hall–Kier alpha value is -3.35. The number of methoxy groups -OCH3 is 1. The fraction of sp³-hybridized carbons (Fsp3) is 0.250. The van der Waals surface area contributed by atoms with Crippen LogP contribution in [0, 0.1) is 6.92 Å². The molecular weight excluding hydrogens is 344 g/mol. The molecule has 3 aromatic rings. The Morgan fingerprint density at radius 3 is 2.63 bits per heavy atom. The standard InChI is InChI=1S/C20H22N4O3/c1-14-3-8-19-22-15(11-20(26)24(19)12-14)13-23(10-9-18(21)25)16-4-6-17(27-2)7-5-16/h3-8,11-12H,9-10,13H2,1-2H3,(H2,21,25). The summed E-state index contributed by atoms with van der Waals surface area (Å²) in [5.41, 5.74) is 8.28. The fourth-order valence-corrected chi connectivity index (χ4v) is 2.87. The van der Waals surface area contributed by atoms with Gasteiger partial charge in [-0.3, -0.25) is 14.0 Å². The molecule has 0 unspecified atom stereocenters. The molecular formula is C20H22N4O3. The number of amides is 1. The molecule has 7 heteroatoms. The van der Waals surface area contributed by atoms with Gasteiger partial charge in [0.1, 0.15) is 11.4 Å². The maximum atomic E-state index is 12.4. The summed E-state index contributed by atoms with van der Waals surface area (Å²) in [6, 6.07) is 12.7. The molecule has 2 N–H and O–H groups in total. The molecule has 0 saturated carbocycles. The van der Waals surface area contributed by atoms with Crippen molar-refractivity contribution in [2.45, 2.75) is 19.9 Å². The number of rotatable bonds is 7. The fourth-order valence-electron chi connectivity index (χ4n) is 2.87. The van der Waals surface area contributed by atoms with Crippen molar-refractivity contribution in [3.63, 3.8) is 0 Å². The van der Waals surface area contributed by atoms with Crippen molar-refractivity contribution >= 4 is 17.2 Å². The minimum atomic E-state index is -0.379. The number of nitrogens with zero attached hydrogens (tertiary/aromatic N) is 3. The zero-order chi connectivity index (χ0) is 19.4. The molecule has 7 nitrogen and oxygen atoms in total. The van der Waals surface area contributed by atoms with Gasteiger partial charge in [-0.05, 0) is 42.8 Å². The molecule has 0 aliphatic heterocycles. The van der Waals surface area contributed by atoms with E-state index in [2.05, 4.69) is 4.98 Å². The Balaban J connectivity index is 1.92. The van der Waals surface area contributed by atoms with E-state index in [1.807, 2.05) is 48.2 Å². The monoisotopic (exact) mass is 366 g/mol. The number of carbonyl (C=O) groups excluding carboxylic acids is 1. The summed E-state index contributed by atoms with van der Waals surface area (Å²) in [4.78, 5) is 30.2. The number of hydrogen-bond donors (Lipinski definition) is 1. The largest absolute Gasteiger partial charge is 0.497 e. The number of fused-ring (bicyclic) bond motifs is 1. The lowest BCUT2D eigenvalue weighted by molar-refractivity contribution is -0.117. The molecule has 0 saturated heterocycles. The van der Waals surface area contributed by atoms with E-state index in [1.165, 1.54) is 10.5 Å². The van der Waals surface area contributed by atoms with Gasteiger partial charge in [-0.2, -0.15) is 0 Å². The first-order chi connectivity index (χ1) is 13.0. The van der Waals surface area contributed by atoms with Gasteiger partial charge in [0.2, 0.25) is 5.91 Å². The molecule has 0 bridgehead atoms. The van der Waals surface area contributed by atoms with Crippen molar-refractivity contribution in [1.82, 2.24) is 9.38 Å². The number of carbonyl (C=O) groups is 1. The molecule has 1 aromatic carbocycles. The van der Waals surface area contributed by atoms with Gasteiger partial charge in [-0.25, -0.2) is 4.98 Å². The van der Waals surface area contributed by atoms with Crippen LogP contribution in [0.3, 0.4) is 0 Å². The Bertz CT molecular complexity index is 1010. The SMILES string of the molecule is COc1ccc(N(CCC(N)=O)Cc2cc(=O)n3cc(C)ccc3n2)cc1. The van der Waals surface area contributed by atoms with Crippen LogP contribution in [-0.2, 0) is 11.3 Å². The van der Waals surface area contributed by atoms with Crippen LogP contribution < -0.4 is 20.9 Å². The second-order valence-electron chi connectivity index (χ2n) is 6.36. The lowest BCUT2D eigenvalue weighted by atomic mass is 10.2. The summed E-state index contributed by atoms with van der Waals surface area (Å²) < 4.78 is 6.72. The highest BCUT2D eigenvalue weighted by Crippen LogP contribution is 2.21. The molecule has 0 radical (unpaired) electrons. The van der Waals surface area contributed by atoms with Crippen molar-refractivity contribution in [1.29, 1.82) is 0 Å². The minimum Gasteiger partial charge on any atom is -0.497 e. The first-order valence-electron chi connectivity index (χ1n) is 8.62. The third-order valence-corrected chi connectivity index (χ3v) is 4.28. The van der Waals surface area contributed by atoms with Gasteiger partial charge in [-0.1, -0.05) is 6.07 Å². The van der Waals surface area contributed by atoms with Gasteiger partial charge < -0.3 is 15.4 Å². The second-order valence-corrected chi connectivity index (χ2v) is 6.36. The molecule has 3 rings (SSSR count). The number of aryl methyl sites for hydroxylation is 1. The second kappa shape index (κ2) is 7.90. The highest BCUT2D eigenvalue weighted by atomic mass is 16.5. The van der Waals surface area contributed by atoms with Crippen molar-refractivity contribution in [2.24, 2.45) is 5.73 Å². The van der Waals surface area contributed by atoms with Crippen LogP contribution in [0.4, 0.5) is 5.69 Å². The molecule has 140 valence electrons. The maximum Gasteiger partial charge on any atom is 0.258 e. The van der Waals surface area contributed by atoms with E-state index >= 15 is 0 Å². The van der Waals surface area contributed by atoms with Gasteiger partial charge in [0.05, 0.1) is 19.3 Å². The predicted octanol–water partition coefficient (Wildman–Crippen LogP) is 1.89. The minimum absolute atomic E-state index is 0.136. The summed E-state index contributed by atoms with van der Waals surface area (Å²) in [7, 11) is 1.61. The quantitative estimate of drug-likeness (QED) is 0.690. The normalized spacial score (nSPS) is 10.7. The van der Waals surface area contributed by atoms with Crippen molar-refractivity contribution in [3.8, 4) is 5.75 Å². The zero-order valence-electron chi connectivity index (χ0n) is 15.4. The van der Waals surface area contributed by atoms with Crippen molar-refractivity contribution in [2.75, 3.05) is 18.6 Å². The molecule has 2 aromatic heterocycles. The number of ether oxygens (including phenoxy) is 1. The highest BCUT2D eigenvalue weighted by Gasteiger charge is 2.12. The van der Waals surface area contributed by atoms with Crippen LogP contribution in [0.15, 0.2) is 53.5 Å². The van der Waals surface area contributed by atoms with Crippen LogP contribution in [0.1, 0.15) is 17.7 Å². The Morgan fingerprint density at radius 1 is 1.22 bits per heavy atom. The van der Waals surface area contributed by atoms with Crippen LogP contribution in [0.2, 0.25) is 0 Å². The Morgan fingerprint density at radius 2 is 1.96 bits per heavy atom. The van der Waals surface area contributed by atoms with Gasteiger partial charge in [0, 0.05) is 30.9 Å². The predicted molar refractivity (Wildman–Crippen MR) is 104 cm³/mol. The lowest BCUT2D eigenvalue weighted by Crippen LogP contribution is -2.29. The Kier molecular flexibility index (Phi) is 5.40. The van der Waals surface area contributed by atoms with Gasteiger partial charge in [0.15, 0.2) is 0 Å². The molecule has 0 aliphatic rings. The topological polar surface area (TPSA) is 89.9 Å². The number of primary amides is 1. The van der Waals surface area contributed by atoms with Crippen LogP contribution in [-0.4, -0.2) is 28.9 Å². The van der Waals surface area contributed by atoms with E-state index in [4.69, 9.17) is 10.5 Å². The van der Waals surface area contributed by atoms with Gasteiger partial charge >= 0.3 is 0 Å². The number of benzene rings is 1. The number of aromatic nitrogens is 2. The van der Waals surface area contributed by atoms with Crippen LogP contribution in [0.25, 0.3) is 5.65 Å². The smallest absolute Gasteiger partial charge is 0.258 e. The highest BCUT2D eigenvalue weighted by molar-refractivity contribution is 5.74. The Labute approximate surface area is 157 Å². The molecule has 27 heavy (non-hydrogen) atoms. The van der Waals surface area contributed by atoms with E-state index in [1.54, 1.807) is 13.3 Å². The van der Waals surface area contributed by atoms with E-state index in [0.717, 1.165) is 17.0 Å². The summed E-state index contributed by atoms with van der Waals surface area (Å²) >= 11 is 0. The average Bonchev–Trinajstić information content (AvgIpc) is 2.66. The molecule has 0 atom stereocenters. The first kappa shape index (κ1) is 18.4. The molecule has 0 spiro atoms. The van der Waals surface area contributed by atoms with E-state index in [9.17, 15) is 9.59 Å². The maximum absolute atomic E-state index is 12.4. The van der Waals surface area contributed by atoms with E-state index < -0.39 is 0 Å². The van der Waals surface area contributed by atoms with E-state index in [-0.39, 0.29) is 17.9 Å². The van der Waals surface area contributed by atoms with Crippen LogP contribution in [0.5, 0.6) is 5.75 Å². The van der Waals surface area contributed by atoms with Crippen LogP contribution >= 0.6 is 0 Å². The number of pyridine rings is 1. The molecule has 1 amide bonds. The summed E-state index contributed by atoms with van der Waals surface area (Å²) in [5, 5.41) is 0. The van der Waals surface area contributed by atoms with Gasteiger partial charge in [-0.15, -0.1) is 0 Å². The molecule has 0 fully saturated rings.